The molecule has 4 heterocycles. The lowest BCUT2D eigenvalue weighted by Crippen LogP contribution is -2.51. The average Bonchev–Trinajstić information content (AvgIpc) is 4.15. The van der Waals surface area contributed by atoms with Crippen LogP contribution in [-0.2, 0) is 31.9 Å². The number of hydrogen-bond donors (Lipinski definition) is 4. The van der Waals surface area contributed by atoms with Crippen molar-refractivity contribution < 1.29 is 28.7 Å². The van der Waals surface area contributed by atoms with Crippen molar-refractivity contribution in [2.75, 3.05) is 27.3 Å². The summed E-state index contributed by atoms with van der Waals surface area (Å²) in [5, 5.41) is 5.50. The second kappa shape index (κ2) is 17.8. The zero-order valence-electron chi connectivity index (χ0n) is 38.9. The van der Waals surface area contributed by atoms with Crippen molar-refractivity contribution in [1.82, 2.24) is 40.4 Å². The molecule has 0 radical (unpaired) electrons. The number of hydrogen-bond acceptors (Lipinski definition) is 8. The van der Waals surface area contributed by atoms with E-state index in [4.69, 9.17) is 19.4 Å². The van der Waals surface area contributed by atoms with Crippen LogP contribution in [0, 0.1) is 23.2 Å². The molecule has 1 saturated carbocycles. The van der Waals surface area contributed by atoms with Crippen molar-refractivity contribution in [2.45, 2.75) is 123 Å². The van der Waals surface area contributed by atoms with Gasteiger partial charge in [-0.15, -0.1) is 0 Å². The highest BCUT2D eigenvalue weighted by Crippen LogP contribution is 2.53. The normalized spacial score (nSPS) is 22.8. The number of nitrogens with zero attached hydrogens (tertiary/aromatic N) is 4. The predicted octanol–water partition coefficient (Wildman–Crippen LogP) is 9.16. The number of ether oxygens (including phenoxy) is 2. The number of alkyl carbamates (subject to hydrolysis) is 2. The van der Waals surface area contributed by atoms with Gasteiger partial charge in [0.1, 0.15) is 23.7 Å². The number of nitrogens with one attached hydrogen (secondary N) is 4. The minimum atomic E-state index is -0.694. The van der Waals surface area contributed by atoms with E-state index >= 15 is 0 Å². The fraction of sp³-hybridized carbons (Fsp3) is 0.529. The molecule has 3 fully saturated rings. The first-order chi connectivity index (χ1) is 31.3. The largest absolute Gasteiger partial charge is 0.453 e. The van der Waals surface area contributed by atoms with E-state index in [1.807, 2.05) is 37.5 Å². The Morgan fingerprint density at radius 1 is 0.662 bits per heavy atom. The number of aromatic nitrogens is 4. The highest BCUT2D eigenvalue weighted by Gasteiger charge is 2.43. The number of rotatable bonds is 10. The predicted molar refractivity (Wildman–Crippen MR) is 250 cm³/mol. The molecule has 4 amide bonds. The number of fused-ring (bicyclic) bond motifs is 3. The molecule has 4 aliphatic rings. The van der Waals surface area contributed by atoms with E-state index in [1.54, 1.807) is 0 Å². The summed E-state index contributed by atoms with van der Waals surface area (Å²) in [5.74, 6) is 1.80. The number of amides is 4. The third-order valence-corrected chi connectivity index (χ3v) is 15.0. The Labute approximate surface area is 381 Å². The van der Waals surface area contributed by atoms with Gasteiger partial charge in [-0.1, -0.05) is 71.7 Å². The van der Waals surface area contributed by atoms with E-state index in [-0.39, 0.29) is 41.1 Å². The monoisotopic (exact) mass is 884 g/mol. The maximum atomic E-state index is 13.9. The fourth-order valence-electron chi connectivity index (χ4n) is 11.3. The molecule has 4 atom stereocenters. The van der Waals surface area contributed by atoms with Crippen LogP contribution in [-0.4, -0.2) is 93.1 Å². The topological polar surface area (TPSA) is 175 Å². The van der Waals surface area contributed by atoms with Crippen molar-refractivity contribution in [3.8, 4) is 22.3 Å². The van der Waals surface area contributed by atoms with Crippen LogP contribution in [0.5, 0.6) is 0 Å². The first-order valence-corrected chi connectivity index (χ1v) is 23.7. The van der Waals surface area contributed by atoms with E-state index in [0.29, 0.717) is 13.1 Å². The third-order valence-electron chi connectivity index (χ3n) is 15.0. The Balaban J connectivity index is 1.02. The van der Waals surface area contributed by atoms with Gasteiger partial charge in [0.05, 0.1) is 48.4 Å². The lowest BCUT2D eigenvalue weighted by molar-refractivity contribution is -0.136. The molecule has 4 N–H and O–H groups in total. The second-order valence-electron chi connectivity index (χ2n) is 20.0. The average molecular weight is 885 g/mol. The second-order valence-corrected chi connectivity index (χ2v) is 20.0. The molecule has 3 aromatic carbocycles. The van der Waals surface area contributed by atoms with Gasteiger partial charge >= 0.3 is 12.2 Å². The maximum absolute atomic E-state index is 13.9. The summed E-state index contributed by atoms with van der Waals surface area (Å²) in [6.07, 6.45) is 9.09. The molecule has 2 aliphatic carbocycles. The summed E-state index contributed by atoms with van der Waals surface area (Å²) in [6.45, 7) is 11.3. The number of carbonyl (C=O) groups excluding carboxylic acids is 4. The zero-order chi connectivity index (χ0) is 45.7. The number of carbonyl (C=O) groups is 4. The smallest absolute Gasteiger partial charge is 0.407 e. The summed E-state index contributed by atoms with van der Waals surface area (Å²) in [5.41, 5.74) is 11.5. The summed E-state index contributed by atoms with van der Waals surface area (Å²) in [6, 6.07) is 15.8. The molecule has 1 spiro atoms. The quantitative estimate of drug-likeness (QED) is 0.107. The number of imidazole rings is 2. The Bertz CT molecular complexity index is 2450. The molecule has 0 bridgehead atoms. The SMILES string of the molecule is COC(=O)NC(C(=O)N1CCCC1c1nc2ccc(-c3ccc(-c4ccc5nc(C6CCCN6C(=O)C(NC(=O)OC)C(C)C)[nH]c5c4)c4c3CC3(CCC(C)CC3)C4)cc2[nH]1)C(C)C. The van der Waals surface area contributed by atoms with Gasteiger partial charge in [-0.3, -0.25) is 9.59 Å². The summed E-state index contributed by atoms with van der Waals surface area (Å²) in [4.78, 5) is 73.1. The highest BCUT2D eigenvalue weighted by molar-refractivity contribution is 5.90. The minimum Gasteiger partial charge on any atom is -0.453 e. The fourth-order valence-corrected chi connectivity index (χ4v) is 11.3. The zero-order valence-corrected chi connectivity index (χ0v) is 38.9. The van der Waals surface area contributed by atoms with Crippen molar-refractivity contribution in [1.29, 1.82) is 0 Å². The molecule has 65 heavy (non-hydrogen) atoms. The molecule has 344 valence electrons. The van der Waals surface area contributed by atoms with Crippen LogP contribution in [0.25, 0.3) is 44.3 Å². The van der Waals surface area contributed by atoms with E-state index < -0.39 is 24.3 Å². The van der Waals surface area contributed by atoms with Gasteiger partial charge in [0.15, 0.2) is 0 Å². The number of aromatic amines is 2. The Morgan fingerprint density at radius 2 is 1.09 bits per heavy atom. The lowest BCUT2D eigenvalue weighted by Gasteiger charge is -2.36. The summed E-state index contributed by atoms with van der Waals surface area (Å²) in [7, 11) is 2.62. The molecule has 2 aliphatic heterocycles. The van der Waals surface area contributed by atoms with Gasteiger partial charge < -0.3 is 39.9 Å². The Morgan fingerprint density at radius 3 is 1.49 bits per heavy atom. The minimum absolute atomic E-state index is 0.110. The molecule has 14 nitrogen and oxygen atoms in total. The van der Waals surface area contributed by atoms with E-state index in [1.165, 1.54) is 62.2 Å². The number of likely N-dealkylation sites (tertiary alicyclic amines) is 2. The van der Waals surface area contributed by atoms with Gasteiger partial charge in [0.2, 0.25) is 11.8 Å². The molecule has 2 aromatic heterocycles. The van der Waals surface area contributed by atoms with Crippen LogP contribution in [0.1, 0.15) is 121 Å². The molecular formula is C51H64N8O6. The van der Waals surface area contributed by atoms with E-state index in [9.17, 15) is 19.2 Å². The van der Waals surface area contributed by atoms with Crippen LogP contribution >= 0.6 is 0 Å². The number of methoxy groups -OCH3 is 2. The van der Waals surface area contributed by atoms with Crippen LogP contribution in [0.2, 0.25) is 0 Å². The molecule has 4 unspecified atom stereocenters. The lowest BCUT2D eigenvalue weighted by atomic mass is 9.69. The molecule has 2 saturated heterocycles. The first kappa shape index (κ1) is 44.3. The van der Waals surface area contributed by atoms with Crippen molar-refractivity contribution in [2.24, 2.45) is 23.2 Å². The van der Waals surface area contributed by atoms with Gasteiger partial charge in [0.25, 0.3) is 0 Å². The maximum Gasteiger partial charge on any atom is 0.407 e. The third kappa shape index (κ3) is 8.44. The first-order valence-electron chi connectivity index (χ1n) is 23.7. The van der Waals surface area contributed by atoms with E-state index in [0.717, 1.165) is 89.3 Å². The standard InChI is InChI=1S/C51H64N8O6/c1-28(2)43(56-49(62)64-6)47(60)58-22-8-10-41(58)45-52-37-16-12-31(24-39(37)54-45)33-14-15-34(36-27-51(26-35(33)36)20-18-30(5)19-21-51)32-13-17-38-40(25-32)55-46(53-38)42-11-9-23-59(42)48(61)44(29(3)4)57-50(63)65-7/h12-17,24-25,28-30,41-44H,8-11,18-23,26-27H2,1-7H3,(H,52,54)(H,53,55)(H,56,62)(H,57,63). The van der Waals surface area contributed by atoms with Crippen LogP contribution in [0.3, 0.4) is 0 Å². The van der Waals surface area contributed by atoms with Gasteiger partial charge in [-0.2, -0.15) is 0 Å². The van der Waals surface area contributed by atoms with Gasteiger partial charge in [-0.25, -0.2) is 19.6 Å². The van der Waals surface area contributed by atoms with E-state index in [2.05, 4.69) is 76.1 Å². The van der Waals surface area contributed by atoms with Gasteiger partial charge in [-0.05, 0) is 132 Å². The molecule has 5 aromatic rings. The summed E-state index contributed by atoms with van der Waals surface area (Å²) >= 11 is 0. The Kier molecular flexibility index (Phi) is 12.1. The number of H-pyrrole nitrogens is 2. The van der Waals surface area contributed by atoms with Crippen molar-refractivity contribution in [3.63, 3.8) is 0 Å². The van der Waals surface area contributed by atoms with Crippen LogP contribution < -0.4 is 10.6 Å². The Hall–Kier alpha value is -5.92. The van der Waals surface area contributed by atoms with Crippen LogP contribution in [0.4, 0.5) is 9.59 Å². The van der Waals surface area contributed by atoms with Crippen molar-refractivity contribution >= 4 is 46.1 Å². The molecule has 9 rings (SSSR count). The van der Waals surface area contributed by atoms with Crippen LogP contribution in [0.15, 0.2) is 48.5 Å². The molecule has 14 heteroatoms. The highest BCUT2D eigenvalue weighted by atomic mass is 16.5. The summed E-state index contributed by atoms with van der Waals surface area (Å²) < 4.78 is 9.67. The molecular weight excluding hydrogens is 821 g/mol. The number of benzene rings is 3. The van der Waals surface area contributed by atoms with Crippen molar-refractivity contribution in [3.05, 3.63) is 71.3 Å². The van der Waals surface area contributed by atoms with Gasteiger partial charge in [0, 0.05) is 13.1 Å².